The van der Waals surface area contributed by atoms with Crippen LogP contribution in [-0.2, 0) is 11.3 Å². The van der Waals surface area contributed by atoms with Crippen LogP contribution in [0.1, 0.15) is 18.9 Å². The molecule has 1 rings (SSSR count). The molecule has 0 amide bonds. The van der Waals surface area contributed by atoms with Crippen molar-refractivity contribution in [3.05, 3.63) is 23.8 Å². The zero-order valence-electron chi connectivity index (χ0n) is 10.7. The van der Waals surface area contributed by atoms with E-state index in [1.165, 1.54) is 0 Å². The predicted molar refractivity (Wildman–Crippen MR) is 67.5 cm³/mol. The third-order valence-electron chi connectivity index (χ3n) is 2.65. The maximum atomic E-state index is 9.47. The summed E-state index contributed by atoms with van der Waals surface area (Å²) in [5.74, 6) is 0.678. The molecule has 0 aliphatic rings. The lowest BCUT2D eigenvalue weighted by atomic mass is 10.1. The van der Waals surface area contributed by atoms with Gasteiger partial charge in [0.1, 0.15) is 0 Å². The quantitative estimate of drug-likeness (QED) is 0.763. The van der Waals surface area contributed by atoms with E-state index in [1.807, 2.05) is 12.1 Å². The maximum Gasteiger partial charge on any atom is 0.160 e. The molecule has 0 saturated heterocycles. The normalized spacial score (nSPS) is 12.4. The Balaban J connectivity index is 2.46. The van der Waals surface area contributed by atoms with Crippen LogP contribution in [0.2, 0.25) is 0 Å². The number of rotatable bonds is 7. The lowest BCUT2D eigenvalue weighted by molar-refractivity contribution is 0.184. The second-order valence-electron chi connectivity index (χ2n) is 4.07. The lowest BCUT2D eigenvalue weighted by Gasteiger charge is -2.14. The highest BCUT2D eigenvalue weighted by Gasteiger charge is 2.04. The van der Waals surface area contributed by atoms with Crippen molar-refractivity contribution in [3.8, 4) is 11.5 Å². The fourth-order valence-corrected chi connectivity index (χ4v) is 1.52. The Hall–Kier alpha value is -1.26. The minimum Gasteiger partial charge on any atom is -0.504 e. The molecule has 4 nitrogen and oxygen atoms in total. The van der Waals surface area contributed by atoms with Crippen molar-refractivity contribution in [3.63, 3.8) is 0 Å². The van der Waals surface area contributed by atoms with Crippen LogP contribution >= 0.6 is 0 Å². The summed E-state index contributed by atoms with van der Waals surface area (Å²) in [4.78, 5) is 0. The molecule has 1 unspecified atom stereocenters. The Morgan fingerprint density at radius 2 is 2.12 bits per heavy atom. The zero-order valence-corrected chi connectivity index (χ0v) is 10.7. The summed E-state index contributed by atoms with van der Waals surface area (Å²) in [5.41, 5.74) is 1.09. The standard InChI is InChI=1S/C13H21NO3/c1-10(6-7-16-2)14-9-11-4-5-12(15)13(8-11)17-3/h4-5,8,10,14-15H,6-7,9H2,1-3H3. The Morgan fingerprint density at radius 3 is 2.76 bits per heavy atom. The van der Waals surface area contributed by atoms with Crippen molar-refractivity contribution >= 4 is 0 Å². The molecule has 96 valence electrons. The minimum atomic E-state index is 0.170. The molecule has 0 fully saturated rings. The summed E-state index contributed by atoms with van der Waals surface area (Å²) in [7, 11) is 3.25. The number of hydrogen-bond donors (Lipinski definition) is 2. The first-order valence-corrected chi connectivity index (χ1v) is 5.75. The highest BCUT2D eigenvalue weighted by molar-refractivity contribution is 5.41. The molecule has 0 bridgehead atoms. The van der Waals surface area contributed by atoms with Crippen LogP contribution in [0.15, 0.2) is 18.2 Å². The molecule has 4 heteroatoms. The van der Waals surface area contributed by atoms with E-state index in [2.05, 4.69) is 12.2 Å². The lowest BCUT2D eigenvalue weighted by Crippen LogP contribution is -2.26. The van der Waals surface area contributed by atoms with Crippen LogP contribution in [0, 0.1) is 0 Å². The van der Waals surface area contributed by atoms with E-state index in [0.717, 1.165) is 25.1 Å². The first kappa shape index (κ1) is 13.8. The largest absolute Gasteiger partial charge is 0.504 e. The van der Waals surface area contributed by atoms with Gasteiger partial charge in [-0.1, -0.05) is 6.07 Å². The molecule has 0 aromatic heterocycles. The van der Waals surface area contributed by atoms with E-state index in [-0.39, 0.29) is 5.75 Å². The molecule has 1 atom stereocenters. The molecule has 0 saturated carbocycles. The van der Waals surface area contributed by atoms with Gasteiger partial charge in [0.2, 0.25) is 0 Å². The van der Waals surface area contributed by atoms with Crippen molar-refractivity contribution in [1.82, 2.24) is 5.32 Å². The van der Waals surface area contributed by atoms with Gasteiger partial charge in [-0.2, -0.15) is 0 Å². The first-order chi connectivity index (χ1) is 8.17. The number of nitrogens with one attached hydrogen (secondary N) is 1. The van der Waals surface area contributed by atoms with Gasteiger partial charge >= 0.3 is 0 Å². The smallest absolute Gasteiger partial charge is 0.160 e. The van der Waals surface area contributed by atoms with E-state index in [0.29, 0.717) is 11.8 Å². The summed E-state index contributed by atoms with van der Waals surface area (Å²) in [6.07, 6.45) is 0.978. The summed E-state index contributed by atoms with van der Waals surface area (Å²) >= 11 is 0. The Kier molecular flexibility index (Phi) is 5.80. The second kappa shape index (κ2) is 7.14. The van der Waals surface area contributed by atoms with Gasteiger partial charge in [0.15, 0.2) is 11.5 Å². The van der Waals surface area contributed by atoms with E-state index in [4.69, 9.17) is 9.47 Å². The molecule has 0 aliphatic heterocycles. The molecule has 2 N–H and O–H groups in total. The van der Waals surface area contributed by atoms with Gasteiger partial charge in [0, 0.05) is 26.3 Å². The Bertz CT molecular complexity index is 341. The van der Waals surface area contributed by atoms with Crippen LogP contribution in [0.4, 0.5) is 0 Å². The number of methoxy groups -OCH3 is 2. The summed E-state index contributed by atoms with van der Waals surface area (Å²) in [6, 6.07) is 5.77. The molecule has 0 heterocycles. The number of phenolic OH excluding ortho intramolecular Hbond substituents is 1. The summed E-state index contributed by atoms with van der Waals surface area (Å²) in [5, 5.41) is 12.9. The Morgan fingerprint density at radius 1 is 1.35 bits per heavy atom. The second-order valence-corrected chi connectivity index (χ2v) is 4.07. The van der Waals surface area contributed by atoms with Crippen LogP contribution in [0.5, 0.6) is 11.5 Å². The van der Waals surface area contributed by atoms with Crippen molar-refractivity contribution in [1.29, 1.82) is 0 Å². The predicted octanol–water partition coefficient (Wildman–Crippen LogP) is 1.92. The van der Waals surface area contributed by atoms with Gasteiger partial charge in [0.05, 0.1) is 7.11 Å². The van der Waals surface area contributed by atoms with Crippen molar-refractivity contribution in [2.45, 2.75) is 25.9 Å². The highest BCUT2D eigenvalue weighted by Crippen LogP contribution is 2.26. The van der Waals surface area contributed by atoms with E-state index < -0.39 is 0 Å². The van der Waals surface area contributed by atoms with Crippen LogP contribution in [0.25, 0.3) is 0 Å². The average molecular weight is 239 g/mol. The minimum absolute atomic E-state index is 0.170. The third kappa shape index (κ3) is 4.63. The fourth-order valence-electron chi connectivity index (χ4n) is 1.52. The number of hydrogen-bond acceptors (Lipinski definition) is 4. The van der Waals surface area contributed by atoms with Crippen LogP contribution in [0.3, 0.4) is 0 Å². The maximum absolute atomic E-state index is 9.47. The van der Waals surface area contributed by atoms with Crippen LogP contribution < -0.4 is 10.1 Å². The van der Waals surface area contributed by atoms with E-state index >= 15 is 0 Å². The number of aromatic hydroxyl groups is 1. The average Bonchev–Trinajstić information content (AvgIpc) is 2.35. The SMILES string of the molecule is COCCC(C)NCc1ccc(O)c(OC)c1. The van der Waals surface area contributed by atoms with Gasteiger partial charge < -0.3 is 19.9 Å². The number of phenols is 1. The zero-order chi connectivity index (χ0) is 12.7. The summed E-state index contributed by atoms with van der Waals surface area (Å²) in [6.45, 7) is 3.63. The first-order valence-electron chi connectivity index (χ1n) is 5.75. The Labute approximate surface area is 103 Å². The monoisotopic (exact) mass is 239 g/mol. The molecule has 0 aliphatic carbocycles. The fraction of sp³-hybridized carbons (Fsp3) is 0.538. The molecule has 1 aromatic rings. The van der Waals surface area contributed by atoms with E-state index in [1.54, 1.807) is 20.3 Å². The van der Waals surface area contributed by atoms with Gasteiger partial charge in [-0.3, -0.25) is 0 Å². The van der Waals surface area contributed by atoms with Gasteiger partial charge in [-0.15, -0.1) is 0 Å². The summed E-state index contributed by atoms with van der Waals surface area (Å²) < 4.78 is 10.1. The highest BCUT2D eigenvalue weighted by atomic mass is 16.5. The molecule has 17 heavy (non-hydrogen) atoms. The van der Waals surface area contributed by atoms with E-state index in [9.17, 15) is 5.11 Å². The molecular weight excluding hydrogens is 218 g/mol. The van der Waals surface area contributed by atoms with Crippen LogP contribution in [-0.4, -0.2) is 32.0 Å². The van der Waals surface area contributed by atoms with Crippen molar-refractivity contribution in [2.24, 2.45) is 0 Å². The van der Waals surface area contributed by atoms with Crippen molar-refractivity contribution < 1.29 is 14.6 Å². The molecule has 0 radical (unpaired) electrons. The number of benzene rings is 1. The van der Waals surface area contributed by atoms with Gasteiger partial charge in [-0.25, -0.2) is 0 Å². The van der Waals surface area contributed by atoms with Gasteiger partial charge in [0.25, 0.3) is 0 Å². The number of ether oxygens (including phenoxy) is 2. The molecule has 0 spiro atoms. The molecule has 1 aromatic carbocycles. The van der Waals surface area contributed by atoms with Gasteiger partial charge in [-0.05, 0) is 31.0 Å². The van der Waals surface area contributed by atoms with Crippen molar-refractivity contribution in [2.75, 3.05) is 20.8 Å². The third-order valence-corrected chi connectivity index (χ3v) is 2.65. The topological polar surface area (TPSA) is 50.7 Å². The molecular formula is C13H21NO3.